The maximum atomic E-state index is 11.7. The fourth-order valence-corrected chi connectivity index (χ4v) is 3.62. The lowest BCUT2D eigenvalue weighted by atomic mass is 10.0. The number of carboxylic acid groups (broad SMARTS) is 1. The van der Waals surface area contributed by atoms with Crippen LogP contribution in [-0.2, 0) is 6.42 Å². The Balaban J connectivity index is 1.93. The number of aryl methyl sites for hydroxylation is 1. The molecule has 2 aromatic heterocycles. The van der Waals surface area contributed by atoms with E-state index >= 15 is 0 Å². The van der Waals surface area contributed by atoms with E-state index in [9.17, 15) is 9.90 Å². The molecule has 0 amide bonds. The lowest BCUT2D eigenvalue weighted by Gasteiger charge is -2.29. The van der Waals surface area contributed by atoms with Gasteiger partial charge in [-0.05, 0) is 24.5 Å². The van der Waals surface area contributed by atoms with Crippen LogP contribution < -0.4 is 4.90 Å². The van der Waals surface area contributed by atoms with E-state index in [1.165, 1.54) is 16.9 Å². The van der Waals surface area contributed by atoms with Gasteiger partial charge < -0.3 is 10.0 Å². The zero-order chi connectivity index (χ0) is 14.4. The largest absolute Gasteiger partial charge is 0.476 e. The molecule has 4 rings (SSSR count). The van der Waals surface area contributed by atoms with Crippen LogP contribution in [0.1, 0.15) is 22.5 Å². The van der Waals surface area contributed by atoms with Gasteiger partial charge in [0.25, 0.3) is 0 Å². The number of imidazole rings is 1. The molecule has 5 nitrogen and oxygen atoms in total. The monoisotopic (exact) mass is 299 g/mol. The molecule has 3 aromatic rings. The molecule has 1 aromatic carbocycles. The molecule has 0 unspecified atom stereocenters. The number of aromatic carboxylic acids is 1. The number of carboxylic acids is 1. The predicted molar refractivity (Wildman–Crippen MR) is 81.8 cm³/mol. The number of hydrogen-bond acceptors (Lipinski definition) is 4. The highest BCUT2D eigenvalue weighted by Gasteiger charge is 2.27. The zero-order valence-corrected chi connectivity index (χ0v) is 12.0. The Morgan fingerprint density at radius 1 is 1.33 bits per heavy atom. The summed E-state index contributed by atoms with van der Waals surface area (Å²) in [5, 5.41) is 11.4. The van der Waals surface area contributed by atoms with E-state index in [-0.39, 0.29) is 5.69 Å². The summed E-state index contributed by atoms with van der Waals surface area (Å²) in [5.41, 5.74) is 2.55. The van der Waals surface area contributed by atoms with Crippen LogP contribution in [0.3, 0.4) is 0 Å². The molecule has 0 spiro atoms. The van der Waals surface area contributed by atoms with Crippen molar-refractivity contribution in [2.75, 3.05) is 11.4 Å². The van der Waals surface area contributed by atoms with Crippen molar-refractivity contribution in [2.45, 2.75) is 12.8 Å². The van der Waals surface area contributed by atoms with Crippen molar-refractivity contribution in [1.82, 2.24) is 9.38 Å². The summed E-state index contributed by atoms with van der Waals surface area (Å²) in [6.45, 7) is 0.794. The van der Waals surface area contributed by atoms with Crippen LogP contribution in [0.4, 0.5) is 11.5 Å². The molecule has 106 valence electrons. The van der Waals surface area contributed by atoms with E-state index in [0.717, 1.165) is 25.1 Å². The van der Waals surface area contributed by atoms with Crippen molar-refractivity contribution in [3.05, 3.63) is 47.1 Å². The van der Waals surface area contributed by atoms with Gasteiger partial charge in [-0.25, -0.2) is 9.78 Å². The second-order valence-corrected chi connectivity index (χ2v) is 5.90. The topological polar surface area (TPSA) is 57.8 Å². The van der Waals surface area contributed by atoms with Crippen molar-refractivity contribution in [1.29, 1.82) is 0 Å². The number of aromatic nitrogens is 2. The Kier molecular flexibility index (Phi) is 2.71. The van der Waals surface area contributed by atoms with Gasteiger partial charge in [0.05, 0.1) is 0 Å². The van der Waals surface area contributed by atoms with E-state index in [4.69, 9.17) is 0 Å². The fourth-order valence-electron chi connectivity index (χ4n) is 2.91. The Hall–Kier alpha value is -2.34. The molecule has 0 atom stereocenters. The summed E-state index contributed by atoms with van der Waals surface area (Å²) in [4.78, 5) is 19.0. The number of nitrogens with zero attached hydrogens (tertiary/aromatic N) is 3. The van der Waals surface area contributed by atoms with Gasteiger partial charge in [0.2, 0.25) is 0 Å². The Morgan fingerprint density at radius 3 is 3.05 bits per heavy atom. The smallest absolute Gasteiger partial charge is 0.356 e. The van der Waals surface area contributed by atoms with Crippen LogP contribution in [0.15, 0.2) is 35.8 Å². The highest BCUT2D eigenvalue weighted by molar-refractivity contribution is 7.15. The molecule has 1 N–H and O–H groups in total. The first-order chi connectivity index (χ1) is 10.3. The van der Waals surface area contributed by atoms with Gasteiger partial charge in [-0.2, -0.15) is 0 Å². The number of benzene rings is 1. The summed E-state index contributed by atoms with van der Waals surface area (Å²) < 4.78 is 1.65. The number of anilines is 2. The molecule has 21 heavy (non-hydrogen) atoms. The molecule has 1 aliphatic rings. The lowest BCUT2D eigenvalue weighted by molar-refractivity contribution is 0.0690. The Labute approximate surface area is 125 Å². The summed E-state index contributed by atoms with van der Waals surface area (Å²) >= 11 is 1.45. The number of hydrogen-bond donors (Lipinski definition) is 1. The van der Waals surface area contributed by atoms with Crippen LogP contribution >= 0.6 is 11.3 Å². The van der Waals surface area contributed by atoms with Crippen LogP contribution in [0.2, 0.25) is 0 Å². The molecule has 0 bridgehead atoms. The van der Waals surface area contributed by atoms with Gasteiger partial charge in [-0.3, -0.25) is 4.40 Å². The van der Waals surface area contributed by atoms with Crippen molar-refractivity contribution in [3.8, 4) is 0 Å². The molecule has 0 aliphatic carbocycles. The van der Waals surface area contributed by atoms with E-state index in [1.54, 1.807) is 10.6 Å². The fraction of sp³-hybridized carbons (Fsp3) is 0.200. The number of carbonyl (C=O) groups is 1. The molecular formula is C15H13N3O2S. The van der Waals surface area contributed by atoms with Crippen LogP contribution in [0.25, 0.3) is 4.96 Å². The van der Waals surface area contributed by atoms with E-state index in [0.29, 0.717) is 10.8 Å². The third-order valence-corrected chi connectivity index (χ3v) is 4.57. The summed E-state index contributed by atoms with van der Waals surface area (Å²) in [6, 6.07) is 8.14. The lowest BCUT2D eigenvalue weighted by Crippen LogP contribution is -2.26. The normalized spacial score (nSPS) is 14.4. The van der Waals surface area contributed by atoms with Crippen LogP contribution in [-0.4, -0.2) is 27.0 Å². The SMILES string of the molecule is O=C(O)c1c(N2CCCc3ccccc32)nc2sccn12. The minimum absolute atomic E-state index is 0.239. The van der Waals surface area contributed by atoms with Gasteiger partial charge in [0, 0.05) is 23.8 Å². The number of thiazole rings is 1. The molecule has 0 saturated carbocycles. The second-order valence-electron chi connectivity index (χ2n) is 5.03. The van der Waals surface area contributed by atoms with Crippen molar-refractivity contribution >= 4 is 33.8 Å². The second kappa shape index (κ2) is 4.60. The molecule has 0 radical (unpaired) electrons. The summed E-state index contributed by atoms with van der Waals surface area (Å²) in [5.74, 6) is -0.402. The third-order valence-electron chi connectivity index (χ3n) is 3.81. The minimum Gasteiger partial charge on any atom is -0.476 e. The quantitative estimate of drug-likeness (QED) is 0.789. The number of para-hydroxylation sites is 1. The van der Waals surface area contributed by atoms with E-state index in [1.807, 2.05) is 28.5 Å². The van der Waals surface area contributed by atoms with Crippen molar-refractivity contribution in [3.63, 3.8) is 0 Å². The Morgan fingerprint density at radius 2 is 2.19 bits per heavy atom. The maximum Gasteiger partial charge on any atom is 0.356 e. The maximum absolute atomic E-state index is 11.7. The minimum atomic E-state index is -0.945. The average Bonchev–Trinajstić information content (AvgIpc) is 3.06. The first-order valence-electron chi connectivity index (χ1n) is 6.80. The molecule has 6 heteroatoms. The molecule has 3 heterocycles. The van der Waals surface area contributed by atoms with Gasteiger partial charge in [-0.15, -0.1) is 11.3 Å². The molecule has 0 saturated heterocycles. The van der Waals surface area contributed by atoms with Crippen molar-refractivity contribution < 1.29 is 9.90 Å². The summed E-state index contributed by atoms with van der Waals surface area (Å²) in [6.07, 6.45) is 3.79. The third kappa shape index (κ3) is 1.83. The molecular weight excluding hydrogens is 286 g/mol. The zero-order valence-electron chi connectivity index (χ0n) is 11.2. The molecule has 0 fully saturated rings. The average molecular weight is 299 g/mol. The first kappa shape index (κ1) is 12.4. The van der Waals surface area contributed by atoms with Gasteiger partial charge >= 0.3 is 5.97 Å². The van der Waals surface area contributed by atoms with Crippen LogP contribution in [0, 0.1) is 0 Å². The van der Waals surface area contributed by atoms with E-state index < -0.39 is 5.97 Å². The van der Waals surface area contributed by atoms with Gasteiger partial charge in [0.15, 0.2) is 16.5 Å². The summed E-state index contributed by atoms with van der Waals surface area (Å²) in [7, 11) is 0. The molecule has 1 aliphatic heterocycles. The predicted octanol–water partition coefficient (Wildman–Crippen LogP) is 3.18. The van der Waals surface area contributed by atoms with Crippen LogP contribution in [0.5, 0.6) is 0 Å². The standard InChI is InChI=1S/C15H13N3O2S/c19-14(20)12-13(16-15-18(12)8-9-21-15)17-7-3-5-10-4-1-2-6-11(10)17/h1-2,4,6,8-9H,3,5,7H2,(H,19,20). The first-order valence-corrected chi connectivity index (χ1v) is 7.68. The van der Waals surface area contributed by atoms with Gasteiger partial charge in [-0.1, -0.05) is 18.2 Å². The van der Waals surface area contributed by atoms with Crippen molar-refractivity contribution in [2.24, 2.45) is 0 Å². The Bertz CT molecular complexity index is 836. The van der Waals surface area contributed by atoms with Gasteiger partial charge in [0.1, 0.15) is 0 Å². The number of fused-ring (bicyclic) bond motifs is 2. The van der Waals surface area contributed by atoms with E-state index in [2.05, 4.69) is 11.1 Å². The highest BCUT2D eigenvalue weighted by atomic mass is 32.1. The number of rotatable bonds is 2. The highest BCUT2D eigenvalue weighted by Crippen LogP contribution is 2.35.